The first-order chi connectivity index (χ1) is 13.1. The van der Waals surface area contributed by atoms with Gasteiger partial charge < -0.3 is 14.2 Å². The molecule has 0 saturated carbocycles. The van der Waals surface area contributed by atoms with Crippen LogP contribution in [0.25, 0.3) is 6.08 Å². The van der Waals surface area contributed by atoms with Crippen molar-refractivity contribution in [3.05, 3.63) is 34.9 Å². The van der Waals surface area contributed by atoms with Crippen molar-refractivity contribution in [2.45, 2.75) is 58.8 Å². The number of rotatable bonds is 8. The molecular formula is C22H33O6P. The Morgan fingerprint density at radius 3 is 1.97 bits per heavy atom. The van der Waals surface area contributed by atoms with E-state index in [1.807, 2.05) is 53.7 Å². The van der Waals surface area contributed by atoms with E-state index in [4.69, 9.17) is 4.52 Å². The van der Waals surface area contributed by atoms with Gasteiger partial charge in [-0.1, -0.05) is 47.6 Å². The van der Waals surface area contributed by atoms with Crippen LogP contribution in [-0.2, 0) is 34.0 Å². The number of aromatic hydroxyl groups is 1. The highest BCUT2D eigenvalue weighted by atomic mass is 31.2. The molecule has 162 valence electrons. The zero-order chi connectivity index (χ0) is 22.6. The number of phenols is 1. The minimum Gasteiger partial charge on any atom is -0.507 e. The molecule has 0 saturated heterocycles. The summed E-state index contributed by atoms with van der Waals surface area (Å²) in [5.74, 6) is -0.595. The molecule has 0 fully saturated rings. The molecule has 0 aromatic heterocycles. The Hall–Kier alpha value is -1.75. The van der Waals surface area contributed by atoms with E-state index < -0.39 is 20.0 Å². The summed E-state index contributed by atoms with van der Waals surface area (Å²) in [4.78, 5) is 24.0. The van der Waals surface area contributed by atoms with Crippen molar-refractivity contribution in [1.82, 2.24) is 0 Å². The van der Waals surface area contributed by atoms with Crippen molar-refractivity contribution in [2.75, 3.05) is 20.4 Å². The molecule has 0 spiro atoms. The molecule has 1 aromatic rings. The van der Waals surface area contributed by atoms with Gasteiger partial charge >= 0.3 is 7.60 Å². The van der Waals surface area contributed by atoms with Gasteiger partial charge in [-0.15, -0.1) is 0 Å². The van der Waals surface area contributed by atoms with Crippen molar-refractivity contribution >= 4 is 25.2 Å². The lowest BCUT2D eigenvalue weighted by Gasteiger charge is -2.27. The molecule has 0 amide bonds. The van der Waals surface area contributed by atoms with Gasteiger partial charge in [-0.2, -0.15) is 0 Å². The third-order valence-electron chi connectivity index (χ3n) is 4.37. The number of carbonyl (C=O) groups is 2. The Bertz CT molecular complexity index is 805. The van der Waals surface area contributed by atoms with Gasteiger partial charge in [0.15, 0.2) is 11.6 Å². The molecule has 1 N–H and O–H groups in total. The van der Waals surface area contributed by atoms with Crippen LogP contribution >= 0.6 is 7.60 Å². The van der Waals surface area contributed by atoms with E-state index in [2.05, 4.69) is 4.52 Å². The van der Waals surface area contributed by atoms with Crippen LogP contribution in [0.5, 0.6) is 5.75 Å². The fourth-order valence-corrected chi connectivity index (χ4v) is 3.12. The number of benzene rings is 1. The van der Waals surface area contributed by atoms with Gasteiger partial charge in [-0.05, 0) is 34.6 Å². The maximum atomic E-state index is 12.1. The summed E-state index contributed by atoms with van der Waals surface area (Å²) < 4.78 is 21.2. The number of ketones is 2. The normalized spacial score (nSPS) is 14.8. The summed E-state index contributed by atoms with van der Waals surface area (Å²) >= 11 is 0. The summed E-state index contributed by atoms with van der Waals surface area (Å²) in [5, 5.41) is 10.7. The number of phenolic OH excluding ortho intramolecular Hbond substituents is 1. The predicted molar refractivity (Wildman–Crippen MR) is 116 cm³/mol. The van der Waals surface area contributed by atoms with Gasteiger partial charge in [0.25, 0.3) is 0 Å². The second kappa shape index (κ2) is 9.38. The molecule has 0 radical (unpaired) electrons. The number of hydrogen-bond donors (Lipinski definition) is 1. The van der Waals surface area contributed by atoms with Crippen molar-refractivity contribution in [1.29, 1.82) is 0 Å². The average Bonchev–Trinajstić information content (AvgIpc) is 2.57. The lowest BCUT2D eigenvalue weighted by molar-refractivity contribution is -0.126. The van der Waals surface area contributed by atoms with E-state index in [9.17, 15) is 19.3 Å². The van der Waals surface area contributed by atoms with E-state index in [0.717, 1.165) is 16.7 Å². The quantitative estimate of drug-likeness (QED) is 0.358. The van der Waals surface area contributed by atoms with E-state index in [0.29, 0.717) is 0 Å². The van der Waals surface area contributed by atoms with Crippen LogP contribution in [0.2, 0.25) is 0 Å². The molecule has 1 aromatic carbocycles. The summed E-state index contributed by atoms with van der Waals surface area (Å²) in [5.41, 5.74) is 1.80. The van der Waals surface area contributed by atoms with Crippen molar-refractivity contribution in [3.8, 4) is 5.75 Å². The second-order valence-electron chi connectivity index (χ2n) is 9.21. The Kier molecular flexibility index (Phi) is 8.18. The highest BCUT2D eigenvalue weighted by Crippen LogP contribution is 2.42. The lowest BCUT2D eigenvalue weighted by atomic mass is 9.78. The van der Waals surface area contributed by atoms with Crippen LogP contribution in [0.4, 0.5) is 0 Å². The molecule has 7 heteroatoms. The van der Waals surface area contributed by atoms with Crippen LogP contribution < -0.4 is 0 Å². The molecule has 0 bridgehead atoms. The van der Waals surface area contributed by atoms with Gasteiger partial charge in [0.1, 0.15) is 12.4 Å². The molecule has 1 unspecified atom stereocenters. The van der Waals surface area contributed by atoms with Crippen LogP contribution in [-0.4, -0.2) is 37.1 Å². The van der Waals surface area contributed by atoms with E-state index in [1.165, 1.54) is 19.9 Å². The summed E-state index contributed by atoms with van der Waals surface area (Å²) in [6.45, 7) is 12.9. The number of Topliss-reactive ketones (excluding diaryl/α,β-unsaturated/α-hetero) is 1. The van der Waals surface area contributed by atoms with Crippen molar-refractivity contribution in [3.63, 3.8) is 0 Å². The van der Waals surface area contributed by atoms with E-state index >= 15 is 0 Å². The van der Waals surface area contributed by atoms with Gasteiger partial charge in [0.05, 0.1) is 6.42 Å². The molecule has 29 heavy (non-hydrogen) atoms. The third kappa shape index (κ3) is 7.88. The monoisotopic (exact) mass is 424 g/mol. The summed E-state index contributed by atoms with van der Waals surface area (Å²) in [7, 11) is -2.02. The standard InChI is InChI=1S/C22H33O6P/c1-21(2,3)18-11-15(12-19(20(18)25)22(4,5)6)9-10-16(23)13-17(24)14-28-29(8,26)27-7/h9-12,25H,13-14H2,1-8H3. The lowest BCUT2D eigenvalue weighted by Crippen LogP contribution is -2.17. The highest BCUT2D eigenvalue weighted by Gasteiger charge is 2.26. The minimum absolute atomic E-state index is 0.267. The predicted octanol–water partition coefficient (Wildman–Crippen LogP) is 5.01. The van der Waals surface area contributed by atoms with Crippen LogP contribution in [0, 0.1) is 0 Å². The molecule has 1 atom stereocenters. The van der Waals surface area contributed by atoms with Gasteiger partial charge in [-0.3, -0.25) is 14.2 Å². The maximum absolute atomic E-state index is 12.1. The maximum Gasteiger partial charge on any atom is 0.327 e. The third-order valence-corrected chi connectivity index (χ3v) is 5.63. The zero-order valence-corrected chi connectivity index (χ0v) is 19.6. The summed E-state index contributed by atoms with van der Waals surface area (Å²) in [6.07, 6.45) is 2.63. The summed E-state index contributed by atoms with van der Waals surface area (Å²) in [6, 6.07) is 3.70. The fourth-order valence-electron chi connectivity index (χ4n) is 2.63. The molecule has 0 aliphatic heterocycles. The first-order valence-corrected chi connectivity index (χ1v) is 11.4. The van der Waals surface area contributed by atoms with E-state index in [1.54, 1.807) is 6.08 Å². The molecule has 0 aliphatic carbocycles. The van der Waals surface area contributed by atoms with Gasteiger partial charge in [-0.25, -0.2) is 0 Å². The van der Waals surface area contributed by atoms with E-state index in [-0.39, 0.29) is 28.8 Å². The number of allylic oxidation sites excluding steroid dienone is 1. The SMILES string of the molecule is COP(C)(=O)OCC(=O)CC(=O)C=Cc1cc(C(C)(C)C)c(O)c(C(C)(C)C)c1. The van der Waals surface area contributed by atoms with Gasteiger partial charge in [0.2, 0.25) is 0 Å². The largest absolute Gasteiger partial charge is 0.507 e. The second-order valence-corrected chi connectivity index (χ2v) is 11.4. The Labute approximate surface area is 173 Å². The minimum atomic E-state index is -3.26. The number of carbonyl (C=O) groups excluding carboxylic acids is 2. The molecule has 6 nitrogen and oxygen atoms in total. The first kappa shape index (κ1) is 25.3. The molecule has 1 rings (SSSR count). The van der Waals surface area contributed by atoms with Crippen molar-refractivity contribution < 1.29 is 28.3 Å². The average molecular weight is 424 g/mol. The Morgan fingerprint density at radius 2 is 1.55 bits per heavy atom. The Balaban J connectivity index is 3.02. The first-order valence-electron chi connectivity index (χ1n) is 9.45. The topological polar surface area (TPSA) is 89.9 Å². The molecular weight excluding hydrogens is 391 g/mol. The van der Waals surface area contributed by atoms with Crippen molar-refractivity contribution in [2.24, 2.45) is 0 Å². The smallest absolute Gasteiger partial charge is 0.327 e. The number of hydrogen-bond acceptors (Lipinski definition) is 6. The highest BCUT2D eigenvalue weighted by molar-refractivity contribution is 7.52. The van der Waals surface area contributed by atoms with Crippen LogP contribution in [0.1, 0.15) is 64.7 Å². The van der Waals surface area contributed by atoms with Crippen LogP contribution in [0.3, 0.4) is 0 Å². The molecule has 0 heterocycles. The van der Waals surface area contributed by atoms with Crippen LogP contribution in [0.15, 0.2) is 18.2 Å². The zero-order valence-electron chi connectivity index (χ0n) is 18.7. The molecule has 0 aliphatic rings. The fraction of sp³-hybridized carbons (Fsp3) is 0.545. The Morgan fingerprint density at radius 1 is 1.07 bits per heavy atom. The van der Waals surface area contributed by atoms with Gasteiger partial charge in [0, 0.05) is 24.9 Å².